The highest BCUT2D eigenvalue weighted by Crippen LogP contribution is 2.50. The normalized spacial score (nSPS) is 15.3. The van der Waals surface area contributed by atoms with Crippen LogP contribution in [0.15, 0.2) is 127 Å². The molecule has 10 rings (SSSR count). The number of aromatic carboxylic acids is 1. The topological polar surface area (TPSA) is 280 Å². The standard InChI is InChI=1S/C39H36F6O7.C38H30F6N2O7.CO2/c1-7-33(46)27-13-12-26(17-30(27)35(48)49)52-25-10-8-23(9-11-25)34(47)16-24-15-21(3)29(19-32(24)37(6,51)39(43,44)45)28-18-31(22(4)14-20(28)2)36(5,50)38(40,41)42;1-17-11-19(3)28(35(4,51)37(39,40)41)15-24(17)25-16-29(36(5,52)38(42,43)44)30(12-18(25)2)46-33(49)23-10-8-21(14-27(23)34(46)50)53-20-7-9-22-26(13-20)32(48)45(6)31(22)47;2-1-3/h8-15,17-19,50-51H,7,16H2,1-6H3,(H,48,49);7-16,51-52H,1-6H3;. The van der Waals surface area contributed by atoms with Crippen LogP contribution < -0.4 is 14.4 Å². The number of ketones is 2. The number of anilines is 1. The molecule has 2 aliphatic rings. The Morgan fingerprint density at radius 3 is 1.19 bits per heavy atom. The van der Waals surface area contributed by atoms with Crippen molar-refractivity contribution in [3.05, 3.63) is 228 Å². The van der Waals surface area contributed by atoms with E-state index in [1.807, 2.05) is 0 Å². The zero-order valence-electron chi connectivity index (χ0n) is 59.2. The minimum Gasteiger partial charge on any atom is -0.478 e. The summed E-state index contributed by atoms with van der Waals surface area (Å²) in [6.07, 6.45) is -21.0. The number of imide groups is 2. The molecule has 0 saturated heterocycles. The molecule has 2 heterocycles. The SMILES string of the molecule is CCC(=O)c1ccc(Oc2ccc(C(=O)Cc3cc(C)c(-c4cc(C(C)(O)C(F)(F)F)c(C)cc4C)cc3C(C)(O)C(F)(F)F)cc2)cc1C(=O)O.Cc1cc(C)c(C(C)(O)C(F)(F)F)cc1-c1cc(C(C)(O)C(F)(F)F)c(N2C(=O)c3ccc(Oc4ccc5c(c4)C(=O)N(C)C5=O)cc3C2=O)cc1C.O=C=O. The van der Waals surface area contributed by atoms with Crippen LogP contribution in [0.1, 0.15) is 175 Å². The number of rotatable bonds is 17. The summed E-state index contributed by atoms with van der Waals surface area (Å²) < 4.78 is 181. The van der Waals surface area contributed by atoms with Gasteiger partial charge in [0, 0.05) is 36.6 Å². The van der Waals surface area contributed by atoms with E-state index in [4.69, 9.17) is 19.1 Å². The molecule has 4 unspecified atom stereocenters. The lowest BCUT2D eigenvalue weighted by Crippen LogP contribution is -2.42. The predicted octanol–water partition coefficient (Wildman–Crippen LogP) is 16.4. The van der Waals surface area contributed by atoms with Gasteiger partial charge in [-0.1, -0.05) is 25.1 Å². The summed E-state index contributed by atoms with van der Waals surface area (Å²) in [6.45, 7) is 12.3. The number of fused-ring (bicyclic) bond motifs is 2. The maximum atomic E-state index is 14.5. The van der Waals surface area contributed by atoms with Crippen LogP contribution in [-0.4, -0.2) is 110 Å². The van der Waals surface area contributed by atoms with Gasteiger partial charge in [0.2, 0.25) is 0 Å². The molecule has 2 aliphatic heterocycles. The van der Waals surface area contributed by atoms with Crippen molar-refractivity contribution in [3.8, 4) is 45.3 Å². The number of benzene rings is 8. The van der Waals surface area contributed by atoms with E-state index in [0.717, 1.165) is 35.2 Å². The molecule has 4 amide bonds. The Morgan fingerprint density at radius 2 is 0.741 bits per heavy atom. The number of Topliss-reactive ketones (excluding diaryl/α,β-unsaturated/α-hetero) is 2. The average molecular weight is 1520 g/mol. The van der Waals surface area contributed by atoms with Crippen LogP contribution in [0.4, 0.5) is 58.4 Å². The molecule has 4 atom stereocenters. The van der Waals surface area contributed by atoms with Gasteiger partial charge in [-0.3, -0.25) is 33.7 Å². The van der Waals surface area contributed by atoms with Crippen LogP contribution in [0.3, 0.4) is 0 Å². The van der Waals surface area contributed by atoms with E-state index in [2.05, 4.69) is 0 Å². The second-order valence-electron chi connectivity index (χ2n) is 26.5. The predicted molar refractivity (Wildman–Crippen MR) is 363 cm³/mol. The molecular formula is C78H66F12N2O16. The molecule has 0 spiro atoms. The lowest BCUT2D eigenvalue weighted by atomic mass is 9.81. The zero-order chi connectivity index (χ0) is 81.2. The van der Waals surface area contributed by atoms with Crippen molar-refractivity contribution >= 4 is 53.0 Å². The van der Waals surface area contributed by atoms with Gasteiger partial charge in [0.1, 0.15) is 23.0 Å². The number of ether oxygens (including phenoxy) is 2. The van der Waals surface area contributed by atoms with Gasteiger partial charge in [-0.05, 0) is 256 Å². The third-order valence-corrected chi connectivity index (χ3v) is 18.8. The van der Waals surface area contributed by atoms with E-state index in [-0.39, 0.29) is 125 Å². The third kappa shape index (κ3) is 15.5. The Morgan fingerprint density at radius 1 is 0.398 bits per heavy atom. The van der Waals surface area contributed by atoms with Crippen molar-refractivity contribution in [2.45, 2.75) is 136 Å². The third-order valence-electron chi connectivity index (χ3n) is 18.8. The number of carbonyl (C=O) groups is 7. The molecule has 0 radical (unpaired) electrons. The van der Waals surface area contributed by atoms with Crippen LogP contribution in [-0.2, 0) is 38.4 Å². The van der Waals surface area contributed by atoms with Gasteiger partial charge in [0.15, 0.2) is 34.0 Å². The monoisotopic (exact) mass is 1510 g/mol. The van der Waals surface area contributed by atoms with Crippen molar-refractivity contribution < 1.29 is 131 Å². The number of carbonyl (C=O) groups excluding carboxylic acids is 8. The molecule has 0 fully saturated rings. The molecule has 18 nitrogen and oxygen atoms in total. The lowest BCUT2D eigenvalue weighted by Gasteiger charge is -2.32. The number of nitrogens with zero attached hydrogens (tertiary/aromatic N) is 2. The quantitative estimate of drug-likeness (QED) is 0.0322. The van der Waals surface area contributed by atoms with Crippen molar-refractivity contribution in [1.82, 2.24) is 4.90 Å². The summed E-state index contributed by atoms with van der Waals surface area (Å²) in [5, 5.41) is 52.3. The zero-order valence-corrected chi connectivity index (χ0v) is 59.2. The second kappa shape index (κ2) is 29.5. The molecular weight excluding hydrogens is 1450 g/mol. The van der Waals surface area contributed by atoms with E-state index in [1.54, 1.807) is 13.8 Å². The van der Waals surface area contributed by atoms with Crippen LogP contribution >= 0.6 is 0 Å². The van der Waals surface area contributed by atoms with Crippen molar-refractivity contribution in [1.29, 1.82) is 0 Å². The van der Waals surface area contributed by atoms with E-state index in [9.17, 15) is 112 Å². The van der Waals surface area contributed by atoms with Gasteiger partial charge in [0.25, 0.3) is 23.6 Å². The van der Waals surface area contributed by atoms with Crippen molar-refractivity contribution in [2.24, 2.45) is 0 Å². The highest BCUT2D eigenvalue weighted by molar-refractivity contribution is 6.35. The number of alkyl halides is 12. The Bertz CT molecular complexity index is 5060. The Kier molecular flexibility index (Phi) is 22.6. The molecule has 5 N–H and O–H groups in total. The summed E-state index contributed by atoms with van der Waals surface area (Å²) in [7, 11) is 1.32. The first-order valence-electron chi connectivity index (χ1n) is 32.3. The fourth-order valence-corrected chi connectivity index (χ4v) is 12.5. The Hall–Kier alpha value is -11.2. The van der Waals surface area contributed by atoms with Crippen molar-refractivity contribution in [3.63, 3.8) is 0 Å². The molecule has 108 heavy (non-hydrogen) atoms. The smallest absolute Gasteiger partial charge is 0.421 e. The molecule has 568 valence electrons. The number of aliphatic hydroxyl groups is 4. The summed E-state index contributed by atoms with van der Waals surface area (Å²) in [5.41, 5.74) is -16.2. The first-order chi connectivity index (χ1) is 49.7. The van der Waals surface area contributed by atoms with Crippen LogP contribution in [0, 0.1) is 41.5 Å². The van der Waals surface area contributed by atoms with Gasteiger partial charge >= 0.3 is 36.8 Å². The van der Waals surface area contributed by atoms with Crippen LogP contribution in [0.2, 0.25) is 0 Å². The first-order valence-corrected chi connectivity index (χ1v) is 32.3. The number of halogens is 12. The molecule has 0 bridgehead atoms. The lowest BCUT2D eigenvalue weighted by molar-refractivity contribution is -0.259. The van der Waals surface area contributed by atoms with E-state index in [1.165, 1.54) is 139 Å². The minimum atomic E-state index is -5.36. The molecule has 0 aliphatic carbocycles. The van der Waals surface area contributed by atoms with Crippen LogP contribution in [0.5, 0.6) is 23.0 Å². The number of carboxylic acids is 1. The van der Waals surface area contributed by atoms with Gasteiger partial charge in [-0.15, -0.1) is 0 Å². The van der Waals surface area contributed by atoms with Crippen molar-refractivity contribution in [2.75, 3.05) is 11.9 Å². The van der Waals surface area contributed by atoms with E-state index >= 15 is 0 Å². The molecule has 30 heteroatoms. The van der Waals surface area contributed by atoms with Gasteiger partial charge in [0.05, 0.1) is 33.5 Å². The fraction of sp³-hybridized carbons (Fsp3) is 0.282. The number of carboxylic acid groups (broad SMARTS) is 1. The average Bonchev–Trinajstić information content (AvgIpc) is 1.43. The highest BCUT2D eigenvalue weighted by Gasteiger charge is 2.56. The molecule has 8 aromatic carbocycles. The van der Waals surface area contributed by atoms with E-state index < -0.39 is 117 Å². The summed E-state index contributed by atoms with van der Waals surface area (Å²) in [5.74, 6) is -5.09. The number of hydrogen-bond donors (Lipinski definition) is 5. The number of amides is 4. The number of aryl methyl sites for hydroxylation is 6. The molecule has 0 aromatic heterocycles. The van der Waals surface area contributed by atoms with Gasteiger partial charge in [-0.2, -0.15) is 62.3 Å². The van der Waals surface area contributed by atoms with Gasteiger partial charge in [-0.25, -0.2) is 9.69 Å². The Labute approximate surface area is 607 Å². The summed E-state index contributed by atoms with van der Waals surface area (Å²) >= 11 is 0. The highest BCUT2D eigenvalue weighted by atomic mass is 19.4. The van der Waals surface area contributed by atoms with E-state index in [0.29, 0.717) is 49.3 Å². The maximum Gasteiger partial charge on any atom is 0.421 e. The molecule has 8 aromatic rings. The summed E-state index contributed by atoms with van der Waals surface area (Å²) in [4.78, 5) is 107. The first kappa shape index (κ1) is 82.5. The maximum absolute atomic E-state index is 14.5. The minimum absolute atomic E-state index is 0.00579. The molecule has 0 saturated carbocycles. The second-order valence-corrected chi connectivity index (χ2v) is 26.5. The largest absolute Gasteiger partial charge is 0.478 e. The summed E-state index contributed by atoms with van der Waals surface area (Å²) in [6, 6.07) is 26.2. The van der Waals surface area contributed by atoms with Gasteiger partial charge < -0.3 is 35.0 Å². The Balaban J connectivity index is 0.000000263. The number of hydrogen-bond acceptors (Lipinski definition) is 15. The fourth-order valence-electron chi connectivity index (χ4n) is 12.5. The van der Waals surface area contributed by atoms with Crippen LogP contribution in [0.25, 0.3) is 22.3 Å².